The molecule has 0 aromatic heterocycles. The number of aliphatic hydroxyl groups excluding tert-OH is 2. The van der Waals surface area contributed by atoms with Gasteiger partial charge >= 0.3 is 12.1 Å². The number of Topliss-reactive ketones (excluding diaryl/α,β-unsaturated/α-hetero) is 1. The number of ether oxygens (including phenoxy) is 8. The van der Waals surface area contributed by atoms with E-state index in [0.29, 0.717) is 13.0 Å². The van der Waals surface area contributed by atoms with E-state index in [-0.39, 0.29) is 56.1 Å². The molecule has 63 heavy (non-hydrogen) atoms. The lowest BCUT2D eigenvalue weighted by atomic mass is 9.74. The highest BCUT2D eigenvalue weighted by atomic mass is 16.7. The van der Waals surface area contributed by atoms with Crippen LogP contribution >= 0.6 is 0 Å². The average Bonchev–Trinajstić information content (AvgIpc) is 3.23. The Hall–Kier alpha value is -2.52. The maximum absolute atomic E-state index is 14.4. The Labute approximate surface area is 375 Å². The van der Waals surface area contributed by atoms with Crippen LogP contribution in [0.2, 0.25) is 0 Å². The van der Waals surface area contributed by atoms with Gasteiger partial charge in [-0.05, 0) is 81.3 Å². The van der Waals surface area contributed by atoms with Crippen LogP contribution in [0, 0.1) is 23.7 Å². The Balaban J connectivity index is 2.11. The third kappa shape index (κ3) is 13.3. The molecule has 18 atom stereocenters. The number of carbonyl (C=O) groups excluding carboxylic acids is 4. The van der Waals surface area contributed by atoms with Crippen molar-refractivity contribution in [2.75, 3.05) is 41.4 Å². The molecule has 0 bridgehead atoms. The van der Waals surface area contributed by atoms with Crippen LogP contribution in [0.15, 0.2) is 0 Å². The number of hydrogen-bond donors (Lipinski definition) is 5. The molecule has 2 amide bonds. The van der Waals surface area contributed by atoms with Gasteiger partial charge in [0.25, 0.3) is 0 Å². The summed E-state index contributed by atoms with van der Waals surface area (Å²) in [5, 5.41) is 40.4. The summed E-state index contributed by atoms with van der Waals surface area (Å²) in [6, 6.07) is -0.324. The predicted molar refractivity (Wildman–Crippen MR) is 231 cm³/mol. The molecule has 3 aliphatic heterocycles. The zero-order valence-electron chi connectivity index (χ0n) is 40.5. The van der Waals surface area contributed by atoms with Crippen molar-refractivity contribution >= 4 is 23.8 Å². The van der Waals surface area contributed by atoms with Gasteiger partial charge in [-0.2, -0.15) is 0 Å². The summed E-state index contributed by atoms with van der Waals surface area (Å²) in [5.41, 5.74) is -4.50. The van der Waals surface area contributed by atoms with E-state index in [9.17, 15) is 34.5 Å². The fourth-order valence-corrected chi connectivity index (χ4v) is 9.58. The van der Waals surface area contributed by atoms with Gasteiger partial charge in [0.2, 0.25) is 5.91 Å². The van der Waals surface area contributed by atoms with Crippen molar-refractivity contribution in [3.05, 3.63) is 0 Å². The van der Waals surface area contributed by atoms with E-state index >= 15 is 0 Å². The molecular formula is C45H81N3O15. The average molecular weight is 904 g/mol. The standard InChI is InChI=1S/C45H81N3O15/c1-16-19-46-32(49)18-20-47-42(54)63-39-29(8)59-33(23-44(39,10)57-15)61-36-27(6)38(62-41-35(51)30(48(12)13)21-25(4)58-41)43(9,56-14)22-24(3)34(50)26(5)37(52)45(11,55)31(17-2)60-40(53)28(36)7/h24-31,33,35-39,41,51-52,55H,16-23H2,1-15H3,(H,46,49)(H,47,54)/t24-,25-,26+,27+,28-,29+,30+,31-,33+,35-,36+,37-,38-,39+,41+,43+,44-,45-/m1/s1. The van der Waals surface area contributed by atoms with Gasteiger partial charge in [0.05, 0.1) is 42.0 Å². The number of esters is 1. The molecule has 0 radical (unpaired) electrons. The van der Waals surface area contributed by atoms with Crippen molar-refractivity contribution in [3.8, 4) is 0 Å². The third-order valence-corrected chi connectivity index (χ3v) is 13.7. The monoisotopic (exact) mass is 904 g/mol. The van der Waals surface area contributed by atoms with E-state index in [1.165, 1.54) is 28.1 Å². The molecule has 18 heteroatoms. The van der Waals surface area contributed by atoms with Crippen molar-refractivity contribution in [1.82, 2.24) is 15.5 Å². The molecule has 5 N–H and O–H groups in total. The third-order valence-electron chi connectivity index (χ3n) is 13.7. The van der Waals surface area contributed by atoms with E-state index in [2.05, 4.69) is 10.6 Å². The van der Waals surface area contributed by atoms with Gasteiger partial charge in [-0.25, -0.2) is 4.79 Å². The van der Waals surface area contributed by atoms with Crippen LogP contribution in [0.25, 0.3) is 0 Å². The molecule has 366 valence electrons. The zero-order chi connectivity index (χ0) is 47.8. The van der Waals surface area contributed by atoms with Gasteiger partial charge in [0.15, 0.2) is 18.7 Å². The van der Waals surface area contributed by atoms with Crippen molar-refractivity contribution in [2.45, 2.75) is 199 Å². The first-order valence-corrected chi connectivity index (χ1v) is 22.7. The van der Waals surface area contributed by atoms with Gasteiger partial charge in [-0.15, -0.1) is 0 Å². The van der Waals surface area contributed by atoms with E-state index in [4.69, 9.17) is 37.9 Å². The number of nitrogens with one attached hydrogen (secondary N) is 2. The van der Waals surface area contributed by atoms with Gasteiger partial charge in [0, 0.05) is 63.9 Å². The van der Waals surface area contributed by atoms with Crippen LogP contribution in [-0.4, -0.2) is 170 Å². The van der Waals surface area contributed by atoms with Crippen molar-refractivity contribution in [1.29, 1.82) is 0 Å². The lowest BCUT2D eigenvalue weighted by molar-refractivity contribution is -0.319. The molecule has 0 aromatic rings. The van der Waals surface area contributed by atoms with Gasteiger partial charge in [-0.3, -0.25) is 14.4 Å². The fourth-order valence-electron chi connectivity index (χ4n) is 9.58. The topological polar surface area (TPSA) is 230 Å². The van der Waals surface area contributed by atoms with E-state index < -0.39 is 108 Å². The summed E-state index contributed by atoms with van der Waals surface area (Å²) in [6.07, 6.45) is -9.44. The van der Waals surface area contributed by atoms with E-state index in [1.807, 2.05) is 39.8 Å². The number of methoxy groups -OCH3 is 2. The number of carbonyl (C=O) groups is 4. The lowest BCUT2D eigenvalue weighted by Crippen LogP contribution is -2.62. The molecule has 3 heterocycles. The molecule has 0 aliphatic carbocycles. The van der Waals surface area contributed by atoms with Crippen molar-refractivity contribution in [3.63, 3.8) is 0 Å². The highest BCUT2D eigenvalue weighted by Gasteiger charge is 2.55. The van der Waals surface area contributed by atoms with Crippen LogP contribution in [-0.2, 0) is 52.3 Å². The van der Waals surface area contributed by atoms with Crippen LogP contribution in [0.3, 0.4) is 0 Å². The van der Waals surface area contributed by atoms with Crippen molar-refractivity contribution in [2.24, 2.45) is 23.7 Å². The smallest absolute Gasteiger partial charge is 0.407 e. The van der Waals surface area contributed by atoms with Crippen LogP contribution in [0.1, 0.15) is 115 Å². The second-order valence-electron chi connectivity index (χ2n) is 19.0. The van der Waals surface area contributed by atoms with Crippen molar-refractivity contribution < 1.29 is 72.4 Å². The Bertz CT molecular complexity index is 1500. The van der Waals surface area contributed by atoms with Gasteiger partial charge in [-0.1, -0.05) is 34.6 Å². The minimum absolute atomic E-state index is 0.0255. The highest BCUT2D eigenvalue weighted by Crippen LogP contribution is 2.42. The number of amides is 2. The van der Waals surface area contributed by atoms with Gasteiger partial charge in [0.1, 0.15) is 29.2 Å². The number of ketones is 1. The molecule has 3 rings (SSSR count). The Kier molecular flexibility index (Phi) is 20.3. The first-order chi connectivity index (χ1) is 29.3. The number of aliphatic hydroxyl groups is 3. The number of alkyl carbamates (subject to hydrolysis) is 1. The quantitative estimate of drug-likeness (QED) is 0.158. The normalized spacial score (nSPS) is 42.2. The minimum atomic E-state index is -2.01. The van der Waals surface area contributed by atoms with Gasteiger partial charge < -0.3 is 68.7 Å². The maximum atomic E-state index is 14.4. The number of likely N-dealkylation sites (N-methyl/N-ethyl adjacent to an activating group) is 1. The first-order valence-electron chi connectivity index (χ1n) is 22.7. The number of rotatable bonds is 14. The molecule has 0 aromatic carbocycles. The molecule has 18 nitrogen and oxygen atoms in total. The van der Waals surface area contributed by atoms with E-state index in [0.717, 1.165) is 6.42 Å². The predicted octanol–water partition coefficient (Wildman–Crippen LogP) is 3.09. The summed E-state index contributed by atoms with van der Waals surface area (Å²) in [5.74, 6) is -4.97. The summed E-state index contributed by atoms with van der Waals surface area (Å²) in [4.78, 5) is 55.5. The molecule has 3 fully saturated rings. The van der Waals surface area contributed by atoms with Crippen LogP contribution in [0.5, 0.6) is 0 Å². The summed E-state index contributed by atoms with van der Waals surface area (Å²) in [7, 11) is 6.70. The molecule has 0 spiro atoms. The molecule has 0 saturated carbocycles. The molecular weight excluding hydrogens is 823 g/mol. The fraction of sp³-hybridized carbons (Fsp3) is 0.911. The summed E-state index contributed by atoms with van der Waals surface area (Å²) < 4.78 is 50.6. The lowest BCUT2D eigenvalue weighted by Gasteiger charge is -2.50. The maximum Gasteiger partial charge on any atom is 0.407 e. The number of hydrogen-bond acceptors (Lipinski definition) is 16. The highest BCUT2D eigenvalue weighted by molar-refractivity contribution is 5.83. The number of cyclic esters (lactones) is 1. The molecule has 0 unspecified atom stereocenters. The number of nitrogens with zero attached hydrogens (tertiary/aromatic N) is 1. The first kappa shape index (κ1) is 54.8. The summed E-state index contributed by atoms with van der Waals surface area (Å²) in [6.45, 7) is 19.4. The Morgan fingerprint density at radius 3 is 2.05 bits per heavy atom. The zero-order valence-corrected chi connectivity index (χ0v) is 40.5. The van der Waals surface area contributed by atoms with E-state index in [1.54, 1.807) is 41.5 Å². The SMILES string of the molecule is CCCNC(=O)CCNC(=O)O[C@H]1[C@H](C)O[C@@H](O[C@H]2[C@H](C)[C@@H](O[C@@H]3O[C@H](C)C[C@H](N(C)C)[C@H]3O)[C@@](C)(OC)C[C@@H](C)C(=O)[C@H](C)[C@@H](O)[C@](C)(O)[C@@H](CC)OC(=O)[C@@H]2C)C[C@@]1(C)OC. The summed E-state index contributed by atoms with van der Waals surface area (Å²) >= 11 is 0. The Morgan fingerprint density at radius 1 is 0.857 bits per heavy atom. The molecule has 3 aliphatic rings. The van der Waals surface area contributed by atoms with Crippen LogP contribution in [0.4, 0.5) is 4.79 Å². The minimum Gasteiger partial charge on any atom is -0.459 e. The van der Waals surface area contributed by atoms with Crippen LogP contribution < -0.4 is 10.6 Å². The Morgan fingerprint density at radius 2 is 1.48 bits per heavy atom. The second-order valence-corrected chi connectivity index (χ2v) is 19.0. The second kappa shape index (κ2) is 23.3. The molecule has 3 saturated heterocycles. The largest absolute Gasteiger partial charge is 0.459 e.